The van der Waals surface area contributed by atoms with Gasteiger partial charge in [-0.15, -0.1) is 11.3 Å². The van der Waals surface area contributed by atoms with Crippen molar-refractivity contribution in [1.82, 2.24) is 5.32 Å². The fourth-order valence-electron chi connectivity index (χ4n) is 7.29. The molecule has 2 aliphatic heterocycles. The average molecular weight is 598 g/mol. The third kappa shape index (κ3) is 4.21. The van der Waals surface area contributed by atoms with Gasteiger partial charge in [-0.1, -0.05) is 97.1 Å². The molecule has 3 aliphatic rings. The van der Waals surface area contributed by atoms with Crippen LogP contribution in [0.4, 0.5) is 11.4 Å². The highest BCUT2D eigenvalue weighted by molar-refractivity contribution is 7.25. The van der Waals surface area contributed by atoms with Crippen LogP contribution in [-0.4, -0.2) is 12.3 Å². The summed E-state index contributed by atoms with van der Waals surface area (Å²) in [5.41, 5.74) is 9.54. The molecule has 3 atom stereocenters. The van der Waals surface area contributed by atoms with E-state index >= 15 is 0 Å². The van der Waals surface area contributed by atoms with Crippen LogP contribution in [-0.2, 0) is 5.41 Å². The molecule has 45 heavy (non-hydrogen) atoms. The summed E-state index contributed by atoms with van der Waals surface area (Å²) in [7, 11) is 0. The zero-order valence-corrected chi connectivity index (χ0v) is 25.7. The molecule has 3 nitrogen and oxygen atoms in total. The normalized spacial score (nSPS) is 21.5. The van der Waals surface area contributed by atoms with Crippen molar-refractivity contribution in [3.8, 4) is 11.1 Å². The zero-order valence-electron chi connectivity index (χ0n) is 24.9. The van der Waals surface area contributed by atoms with Crippen LogP contribution in [0.3, 0.4) is 0 Å². The Labute approximate surface area is 267 Å². The highest BCUT2D eigenvalue weighted by Crippen LogP contribution is 2.52. The molecule has 216 valence electrons. The van der Waals surface area contributed by atoms with Crippen LogP contribution in [0.25, 0.3) is 37.0 Å². The van der Waals surface area contributed by atoms with Gasteiger partial charge in [0.1, 0.15) is 6.17 Å². The molecule has 3 unspecified atom stereocenters. The molecule has 5 aromatic carbocycles. The predicted molar refractivity (Wildman–Crippen MR) is 192 cm³/mol. The third-order valence-corrected chi connectivity index (χ3v) is 10.8. The molecule has 0 bridgehead atoms. The summed E-state index contributed by atoms with van der Waals surface area (Å²) in [5.74, 6) is 0. The summed E-state index contributed by atoms with van der Waals surface area (Å²) in [5, 5.41) is 6.32. The molecule has 3 heterocycles. The monoisotopic (exact) mass is 597 g/mol. The molecule has 4 heteroatoms. The first-order valence-electron chi connectivity index (χ1n) is 15.5. The van der Waals surface area contributed by atoms with E-state index in [0.717, 1.165) is 16.8 Å². The Hall–Kier alpha value is -5.19. The smallest absolute Gasteiger partial charge is 0.144 e. The Morgan fingerprint density at radius 1 is 0.733 bits per heavy atom. The van der Waals surface area contributed by atoms with E-state index in [-0.39, 0.29) is 17.6 Å². The van der Waals surface area contributed by atoms with Gasteiger partial charge in [0.15, 0.2) is 0 Å². The lowest BCUT2D eigenvalue weighted by Gasteiger charge is -2.35. The molecule has 1 aliphatic carbocycles. The molecule has 0 saturated heterocycles. The minimum atomic E-state index is -0.153. The largest absolute Gasteiger partial charge is 0.360 e. The number of benzene rings is 5. The zero-order chi connectivity index (χ0) is 30.0. The molecule has 0 radical (unpaired) electrons. The molecule has 0 saturated carbocycles. The first-order valence-corrected chi connectivity index (χ1v) is 16.3. The van der Waals surface area contributed by atoms with Crippen LogP contribution in [0.5, 0.6) is 0 Å². The quantitative estimate of drug-likeness (QED) is 0.219. The minimum absolute atomic E-state index is 0.147. The van der Waals surface area contributed by atoms with E-state index in [1.54, 1.807) is 0 Å². The fraction of sp³-hybridized carbons (Fsp3) is 0.0976. The fourth-order valence-corrected chi connectivity index (χ4v) is 8.37. The predicted octanol–water partition coefficient (Wildman–Crippen LogP) is 10.3. The van der Waals surface area contributed by atoms with Crippen LogP contribution in [0.2, 0.25) is 0 Å². The number of anilines is 2. The van der Waals surface area contributed by atoms with E-state index in [9.17, 15) is 0 Å². The maximum atomic E-state index is 4.81. The van der Waals surface area contributed by atoms with E-state index in [2.05, 4.69) is 151 Å². The molecule has 0 fully saturated rings. The molecule has 9 rings (SSSR count). The highest BCUT2D eigenvalue weighted by atomic mass is 32.1. The molecule has 6 aromatic rings. The van der Waals surface area contributed by atoms with E-state index in [0.29, 0.717) is 0 Å². The summed E-state index contributed by atoms with van der Waals surface area (Å²) in [6.45, 7) is 2.38. The number of hydrogen-bond acceptors (Lipinski definition) is 4. The molecule has 1 N–H and O–H groups in total. The van der Waals surface area contributed by atoms with Crippen molar-refractivity contribution in [1.29, 1.82) is 0 Å². The van der Waals surface area contributed by atoms with Gasteiger partial charge in [-0.25, -0.2) is 0 Å². The van der Waals surface area contributed by atoms with Crippen molar-refractivity contribution >= 4 is 54.8 Å². The van der Waals surface area contributed by atoms with Crippen LogP contribution < -0.4 is 10.2 Å². The van der Waals surface area contributed by atoms with Crippen molar-refractivity contribution in [2.24, 2.45) is 4.99 Å². The first-order chi connectivity index (χ1) is 22.2. The Morgan fingerprint density at radius 3 is 2.49 bits per heavy atom. The van der Waals surface area contributed by atoms with E-state index in [4.69, 9.17) is 4.99 Å². The van der Waals surface area contributed by atoms with Crippen molar-refractivity contribution in [2.45, 2.75) is 24.5 Å². The van der Waals surface area contributed by atoms with Crippen molar-refractivity contribution in [3.63, 3.8) is 0 Å². The number of nitrogens with one attached hydrogen (secondary N) is 1. The van der Waals surface area contributed by atoms with Gasteiger partial charge in [0, 0.05) is 48.9 Å². The van der Waals surface area contributed by atoms with Crippen molar-refractivity contribution in [3.05, 3.63) is 162 Å². The summed E-state index contributed by atoms with van der Waals surface area (Å²) in [6, 6.07) is 42.2. The second-order valence-electron chi connectivity index (χ2n) is 12.3. The van der Waals surface area contributed by atoms with Gasteiger partial charge in [-0.3, -0.25) is 4.99 Å². The van der Waals surface area contributed by atoms with Gasteiger partial charge in [0.2, 0.25) is 0 Å². The number of rotatable bonds is 4. The lowest BCUT2D eigenvalue weighted by molar-refractivity contribution is 0.550. The maximum Gasteiger partial charge on any atom is 0.144 e. The number of nitrogens with zero attached hydrogens (tertiary/aromatic N) is 2. The second-order valence-corrected chi connectivity index (χ2v) is 13.4. The minimum Gasteiger partial charge on any atom is -0.360 e. The van der Waals surface area contributed by atoms with E-state index in [1.807, 2.05) is 29.7 Å². The van der Waals surface area contributed by atoms with Gasteiger partial charge >= 0.3 is 0 Å². The summed E-state index contributed by atoms with van der Waals surface area (Å²) in [6.07, 6.45) is 12.9. The van der Waals surface area contributed by atoms with Crippen molar-refractivity contribution in [2.75, 3.05) is 4.90 Å². The molecule has 0 spiro atoms. The molecular formula is C41H31N3S. The Balaban J connectivity index is 1.10. The lowest BCUT2D eigenvalue weighted by Crippen LogP contribution is -2.39. The number of fused-ring (bicyclic) bond motifs is 6. The number of hydrogen-bond donors (Lipinski definition) is 1. The van der Waals surface area contributed by atoms with Crippen molar-refractivity contribution < 1.29 is 0 Å². The molecule has 1 aromatic heterocycles. The Morgan fingerprint density at radius 2 is 1.56 bits per heavy atom. The van der Waals surface area contributed by atoms with Gasteiger partial charge in [-0.2, -0.15) is 0 Å². The number of allylic oxidation sites excluding steroid dienone is 3. The molecular weight excluding hydrogens is 567 g/mol. The van der Waals surface area contributed by atoms with E-state index in [1.165, 1.54) is 48.2 Å². The van der Waals surface area contributed by atoms with Gasteiger partial charge in [-0.05, 0) is 83.3 Å². The van der Waals surface area contributed by atoms with E-state index < -0.39 is 0 Å². The van der Waals surface area contributed by atoms with Gasteiger partial charge in [0.05, 0.1) is 6.04 Å². The number of thiophene rings is 1. The second kappa shape index (κ2) is 10.2. The van der Waals surface area contributed by atoms with Gasteiger partial charge in [0.25, 0.3) is 0 Å². The number of aliphatic imine (C=N–C) groups is 1. The highest BCUT2D eigenvalue weighted by Gasteiger charge is 2.46. The summed E-state index contributed by atoms with van der Waals surface area (Å²) < 4.78 is 2.68. The standard InChI is InChI=1S/C41H31N3S/c1-41-22-8-7-16-39(41)44(31-13-9-12-30(24-31)40-42-23-21-35(43-40)27-10-3-2-4-11-27)36-19-17-29(26-34(36)41)28-18-20-38-33(25-28)32-14-5-6-15-37(32)45-38/h2-26,39-40,43H,1H3. The summed E-state index contributed by atoms with van der Waals surface area (Å²) >= 11 is 1.87. The molecule has 0 amide bonds. The Kier molecular flexibility index (Phi) is 5.94. The topological polar surface area (TPSA) is 27.6 Å². The average Bonchev–Trinajstić information content (AvgIpc) is 3.60. The first kappa shape index (κ1) is 26.2. The van der Waals surface area contributed by atoms with Crippen LogP contribution in [0, 0.1) is 0 Å². The van der Waals surface area contributed by atoms with Crippen LogP contribution >= 0.6 is 11.3 Å². The van der Waals surface area contributed by atoms with Crippen LogP contribution in [0.1, 0.15) is 29.8 Å². The summed E-state index contributed by atoms with van der Waals surface area (Å²) in [4.78, 5) is 7.32. The van der Waals surface area contributed by atoms with Crippen LogP contribution in [0.15, 0.2) is 151 Å². The third-order valence-electron chi connectivity index (χ3n) is 9.60. The SMILES string of the molecule is CC12C=CC=CC1N(c1cccc(C3N=CC=C(c4ccccc4)N3)c1)c1ccc(-c3ccc4sc5ccccc5c4c3)cc12. The Bertz CT molecular complexity index is 2240. The van der Waals surface area contributed by atoms with Gasteiger partial charge < -0.3 is 10.2 Å². The lowest BCUT2D eigenvalue weighted by atomic mass is 9.75. The maximum absolute atomic E-state index is 4.81.